The molecule has 0 radical (unpaired) electrons. The van der Waals surface area contributed by atoms with Crippen molar-refractivity contribution < 1.29 is 5.11 Å². The van der Waals surface area contributed by atoms with E-state index in [1.165, 1.54) is 0 Å². The first-order valence-electron chi connectivity index (χ1n) is 5.64. The molecule has 0 bridgehead atoms. The lowest BCUT2D eigenvalue weighted by Gasteiger charge is -2.15. The molecular weight excluding hydrogens is 349 g/mol. The van der Waals surface area contributed by atoms with Crippen molar-refractivity contribution in [3.63, 3.8) is 0 Å². The van der Waals surface area contributed by atoms with Gasteiger partial charge in [-0.15, -0.1) is 0 Å². The van der Waals surface area contributed by atoms with E-state index in [0.717, 1.165) is 10.0 Å². The molecule has 0 amide bonds. The Morgan fingerprint density at radius 1 is 1.16 bits per heavy atom. The zero-order valence-corrected chi connectivity index (χ0v) is 13.0. The summed E-state index contributed by atoms with van der Waals surface area (Å²) in [7, 11) is 0. The number of aliphatic hydroxyl groups is 1. The minimum absolute atomic E-state index is 0.386. The molecule has 1 unspecified atom stereocenters. The van der Waals surface area contributed by atoms with E-state index >= 15 is 0 Å². The molecule has 0 saturated carbocycles. The van der Waals surface area contributed by atoms with Gasteiger partial charge in [0.2, 0.25) is 0 Å². The maximum atomic E-state index is 10.3. The standard InChI is InChI=1S/C14H12BrCl2NO/c15-9-2-4-13(18)11(6-9)14(19)5-8-1-3-10(16)7-12(8)17/h1-4,6-7,14,19H,5,18H2. The first-order chi connectivity index (χ1) is 8.97. The Morgan fingerprint density at radius 3 is 2.58 bits per heavy atom. The van der Waals surface area contributed by atoms with Crippen LogP contribution in [0.5, 0.6) is 0 Å². The van der Waals surface area contributed by atoms with Crippen molar-refractivity contribution in [2.24, 2.45) is 0 Å². The summed E-state index contributed by atoms with van der Waals surface area (Å²) in [6, 6.07) is 10.6. The molecule has 0 heterocycles. The largest absolute Gasteiger partial charge is 0.398 e. The van der Waals surface area contributed by atoms with Crippen molar-refractivity contribution in [1.29, 1.82) is 0 Å². The zero-order chi connectivity index (χ0) is 14.0. The first-order valence-corrected chi connectivity index (χ1v) is 7.19. The third-order valence-corrected chi connectivity index (χ3v) is 3.92. The quantitative estimate of drug-likeness (QED) is 0.785. The lowest BCUT2D eigenvalue weighted by atomic mass is 10.00. The van der Waals surface area contributed by atoms with Crippen LogP contribution in [0.15, 0.2) is 40.9 Å². The minimum atomic E-state index is -0.712. The Hall–Kier alpha value is -0.740. The molecule has 0 aliphatic rings. The van der Waals surface area contributed by atoms with E-state index in [4.69, 9.17) is 28.9 Å². The molecule has 2 rings (SSSR count). The van der Waals surface area contributed by atoms with Gasteiger partial charge in [-0.25, -0.2) is 0 Å². The van der Waals surface area contributed by atoms with Crippen molar-refractivity contribution in [1.82, 2.24) is 0 Å². The van der Waals surface area contributed by atoms with E-state index in [1.54, 1.807) is 18.2 Å². The van der Waals surface area contributed by atoms with Gasteiger partial charge in [-0.1, -0.05) is 45.2 Å². The maximum absolute atomic E-state index is 10.3. The van der Waals surface area contributed by atoms with Crippen LogP contribution in [0.3, 0.4) is 0 Å². The van der Waals surface area contributed by atoms with Crippen LogP contribution in [0.25, 0.3) is 0 Å². The molecule has 3 N–H and O–H groups in total. The lowest BCUT2D eigenvalue weighted by Crippen LogP contribution is -2.05. The molecule has 0 aliphatic heterocycles. The van der Waals surface area contributed by atoms with E-state index in [9.17, 15) is 5.11 Å². The fourth-order valence-electron chi connectivity index (χ4n) is 1.84. The summed E-state index contributed by atoms with van der Waals surface area (Å²) in [6.45, 7) is 0. The van der Waals surface area contributed by atoms with Crippen LogP contribution in [0.2, 0.25) is 10.0 Å². The van der Waals surface area contributed by atoms with E-state index in [-0.39, 0.29) is 0 Å². The number of hydrogen-bond donors (Lipinski definition) is 2. The van der Waals surface area contributed by atoms with Crippen molar-refractivity contribution in [3.05, 3.63) is 62.0 Å². The van der Waals surface area contributed by atoms with Gasteiger partial charge in [0.05, 0.1) is 6.10 Å². The van der Waals surface area contributed by atoms with Crippen LogP contribution in [-0.2, 0) is 6.42 Å². The van der Waals surface area contributed by atoms with Crippen molar-refractivity contribution in [3.8, 4) is 0 Å². The van der Waals surface area contributed by atoms with Gasteiger partial charge in [0, 0.05) is 32.2 Å². The van der Waals surface area contributed by atoms with Crippen LogP contribution < -0.4 is 5.73 Å². The highest BCUT2D eigenvalue weighted by Gasteiger charge is 2.14. The molecule has 0 aromatic heterocycles. The molecule has 1 atom stereocenters. The second-order valence-electron chi connectivity index (χ2n) is 4.23. The Balaban J connectivity index is 2.25. The van der Waals surface area contributed by atoms with Gasteiger partial charge in [-0.3, -0.25) is 0 Å². The normalized spacial score (nSPS) is 12.4. The molecule has 100 valence electrons. The SMILES string of the molecule is Nc1ccc(Br)cc1C(O)Cc1ccc(Cl)cc1Cl. The third kappa shape index (κ3) is 3.63. The summed E-state index contributed by atoms with van der Waals surface area (Å²) in [5.74, 6) is 0. The van der Waals surface area contributed by atoms with Gasteiger partial charge in [-0.05, 0) is 35.9 Å². The average Bonchev–Trinajstić information content (AvgIpc) is 2.35. The fourth-order valence-corrected chi connectivity index (χ4v) is 2.70. The molecule has 0 fully saturated rings. The second-order valence-corrected chi connectivity index (χ2v) is 5.99. The Labute approximate surface area is 130 Å². The predicted molar refractivity (Wildman–Crippen MR) is 83.7 cm³/mol. The number of nitrogens with two attached hydrogens (primary N) is 1. The number of anilines is 1. The van der Waals surface area contributed by atoms with Gasteiger partial charge in [-0.2, -0.15) is 0 Å². The topological polar surface area (TPSA) is 46.2 Å². The summed E-state index contributed by atoms with van der Waals surface area (Å²) in [5, 5.41) is 11.4. The first kappa shape index (κ1) is 14.7. The summed E-state index contributed by atoms with van der Waals surface area (Å²) in [5.41, 5.74) is 7.94. The molecule has 2 aromatic rings. The highest BCUT2D eigenvalue weighted by atomic mass is 79.9. The zero-order valence-electron chi connectivity index (χ0n) is 9.91. The van der Waals surface area contributed by atoms with Crippen LogP contribution in [0.4, 0.5) is 5.69 Å². The van der Waals surface area contributed by atoms with Crippen molar-refractivity contribution >= 4 is 44.8 Å². The van der Waals surface area contributed by atoms with Gasteiger partial charge < -0.3 is 10.8 Å². The Kier molecular flexibility index (Phi) is 4.74. The molecule has 0 aliphatic carbocycles. The van der Waals surface area contributed by atoms with Gasteiger partial charge in [0.25, 0.3) is 0 Å². The highest BCUT2D eigenvalue weighted by Crippen LogP contribution is 2.30. The van der Waals surface area contributed by atoms with Gasteiger partial charge in [0.15, 0.2) is 0 Å². The number of nitrogen functional groups attached to an aromatic ring is 1. The molecule has 0 spiro atoms. The monoisotopic (exact) mass is 359 g/mol. The van der Waals surface area contributed by atoms with Crippen LogP contribution in [0.1, 0.15) is 17.2 Å². The molecule has 5 heteroatoms. The summed E-state index contributed by atoms with van der Waals surface area (Å²) in [6.07, 6.45) is -0.326. The fraction of sp³-hybridized carbons (Fsp3) is 0.143. The molecular formula is C14H12BrCl2NO. The van der Waals surface area contributed by atoms with Crippen molar-refractivity contribution in [2.45, 2.75) is 12.5 Å². The Morgan fingerprint density at radius 2 is 1.89 bits per heavy atom. The minimum Gasteiger partial charge on any atom is -0.398 e. The summed E-state index contributed by atoms with van der Waals surface area (Å²) in [4.78, 5) is 0. The average molecular weight is 361 g/mol. The molecule has 2 nitrogen and oxygen atoms in total. The van der Waals surface area contributed by atoms with E-state index in [1.807, 2.05) is 18.2 Å². The Bertz CT molecular complexity index is 604. The summed E-state index contributed by atoms with van der Waals surface area (Å²) >= 11 is 15.3. The lowest BCUT2D eigenvalue weighted by molar-refractivity contribution is 0.179. The number of aliphatic hydroxyl groups excluding tert-OH is 1. The van der Waals surface area contributed by atoms with Crippen molar-refractivity contribution in [2.75, 3.05) is 5.73 Å². The second kappa shape index (κ2) is 6.14. The van der Waals surface area contributed by atoms with Crippen LogP contribution in [-0.4, -0.2) is 5.11 Å². The van der Waals surface area contributed by atoms with Crippen LogP contribution >= 0.6 is 39.1 Å². The predicted octanol–water partition coefficient (Wildman–Crippen LogP) is 4.61. The van der Waals surface area contributed by atoms with E-state index in [0.29, 0.717) is 27.7 Å². The highest BCUT2D eigenvalue weighted by molar-refractivity contribution is 9.10. The third-order valence-electron chi connectivity index (χ3n) is 2.84. The summed E-state index contributed by atoms with van der Waals surface area (Å²) < 4.78 is 0.873. The van der Waals surface area contributed by atoms with E-state index < -0.39 is 6.10 Å². The van der Waals surface area contributed by atoms with E-state index in [2.05, 4.69) is 15.9 Å². The van der Waals surface area contributed by atoms with Crippen LogP contribution in [0, 0.1) is 0 Å². The number of hydrogen-bond acceptors (Lipinski definition) is 2. The number of benzene rings is 2. The van der Waals surface area contributed by atoms with Gasteiger partial charge >= 0.3 is 0 Å². The smallest absolute Gasteiger partial charge is 0.0851 e. The molecule has 2 aromatic carbocycles. The number of halogens is 3. The molecule has 19 heavy (non-hydrogen) atoms. The molecule has 0 saturated heterocycles. The van der Waals surface area contributed by atoms with Gasteiger partial charge in [0.1, 0.15) is 0 Å². The number of rotatable bonds is 3. The maximum Gasteiger partial charge on any atom is 0.0851 e.